The van der Waals surface area contributed by atoms with Crippen molar-refractivity contribution in [3.05, 3.63) is 16.4 Å². The highest BCUT2D eigenvalue weighted by Gasteiger charge is 2.31. The summed E-state index contributed by atoms with van der Waals surface area (Å²) in [5, 5.41) is -0.0791. The van der Waals surface area contributed by atoms with Gasteiger partial charge in [0.2, 0.25) is 0 Å². The third kappa shape index (κ3) is 2.82. The number of rotatable bonds is 6. The van der Waals surface area contributed by atoms with E-state index in [2.05, 4.69) is 25.1 Å². The van der Waals surface area contributed by atoms with Crippen LogP contribution in [0.15, 0.2) is 0 Å². The molecule has 1 atom stereocenters. The Labute approximate surface area is 102 Å². The molecular weight excluding hydrogens is 221 g/mol. The van der Waals surface area contributed by atoms with Crippen molar-refractivity contribution in [2.24, 2.45) is 0 Å². The molecule has 1 heterocycles. The van der Waals surface area contributed by atoms with Gasteiger partial charge in [0.1, 0.15) is 0 Å². The first kappa shape index (κ1) is 13.6. The minimum absolute atomic E-state index is 0.0219. The van der Waals surface area contributed by atoms with Crippen LogP contribution in [0.5, 0.6) is 0 Å². The third-order valence-electron chi connectivity index (χ3n) is 3.31. The van der Waals surface area contributed by atoms with Crippen LogP contribution in [0.3, 0.4) is 0 Å². The van der Waals surface area contributed by atoms with Gasteiger partial charge in [-0.1, -0.05) is 40.0 Å². The van der Waals surface area contributed by atoms with Gasteiger partial charge in [0.15, 0.2) is 5.13 Å². The lowest BCUT2D eigenvalue weighted by atomic mass is 9.75. The van der Waals surface area contributed by atoms with E-state index < -0.39 is 0 Å². The number of aromatic nitrogens is 1. The zero-order chi connectivity index (χ0) is 12.2. The van der Waals surface area contributed by atoms with Crippen LogP contribution in [-0.4, -0.2) is 4.37 Å². The summed E-state index contributed by atoms with van der Waals surface area (Å²) >= 11 is 1.00. The Morgan fingerprint density at radius 1 is 1.25 bits per heavy atom. The molecule has 1 aromatic heterocycles. The van der Waals surface area contributed by atoms with Gasteiger partial charge in [-0.15, -0.1) is 0 Å². The van der Waals surface area contributed by atoms with Crippen molar-refractivity contribution in [2.45, 2.75) is 65.2 Å². The fourth-order valence-electron chi connectivity index (χ4n) is 2.51. The molecule has 1 rings (SSSR count). The van der Waals surface area contributed by atoms with E-state index in [0.717, 1.165) is 54.9 Å². The Bertz CT molecular complexity index is 315. The number of aryl methyl sites for hydroxylation is 1. The Hall–Kier alpha value is -0.440. The average Bonchev–Trinajstić information content (AvgIpc) is 2.56. The predicted octanol–water partition coefficient (Wildman–Crippen LogP) is 4.84. The Morgan fingerprint density at radius 3 is 2.38 bits per heavy atom. The van der Waals surface area contributed by atoms with E-state index in [4.69, 9.17) is 0 Å². The second-order valence-corrected chi connectivity index (χ2v) is 5.55. The smallest absolute Gasteiger partial charge is 0.195 e. The van der Waals surface area contributed by atoms with E-state index in [-0.39, 0.29) is 10.5 Å². The summed E-state index contributed by atoms with van der Waals surface area (Å²) in [5.74, 6) is 0. The van der Waals surface area contributed by atoms with E-state index in [1.54, 1.807) is 0 Å². The lowest BCUT2D eigenvalue weighted by Crippen LogP contribution is -2.23. The number of nitrogens with zero attached hydrogens (tertiary/aromatic N) is 1. The predicted molar refractivity (Wildman–Crippen MR) is 68.6 cm³/mol. The van der Waals surface area contributed by atoms with Gasteiger partial charge in [-0.05, 0) is 36.7 Å². The third-order valence-corrected chi connectivity index (χ3v) is 4.04. The highest BCUT2D eigenvalue weighted by molar-refractivity contribution is 7.04. The summed E-state index contributed by atoms with van der Waals surface area (Å²) in [7, 11) is 0. The minimum atomic E-state index is -0.0791. The van der Waals surface area contributed by atoms with Crippen molar-refractivity contribution in [1.29, 1.82) is 0 Å². The van der Waals surface area contributed by atoms with Gasteiger partial charge in [-0.25, -0.2) is 0 Å². The molecule has 1 nitrogen and oxygen atoms in total. The molecule has 0 bridgehead atoms. The topological polar surface area (TPSA) is 12.9 Å². The highest BCUT2D eigenvalue weighted by atomic mass is 32.1. The summed E-state index contributed by atoms with van der Waals surface area (Å²) in [6, 6.07) is 0. The minimum Gasteiger partial charge on any atom is -0.195 e. The maximum Gasteiger partial charge on any atom is 0.199 e. The van der Waals surface area contributed by atoms with Crippen molar-refractivity contribution in [1.82, 2.24) is 4.37 Å². The van der Waals surface area contributed by atoms with Crippen molar-refractivity contribution in [3.8, 4) is 0 Å². The van der Waals surface area contributed by atoms with E-state index in [0.29, 0.717) is 0 Å². The molecule has 0 N–H and O–H groups in total. The van der Waals surface area contributed by atoms with Crippen LogP contribution < -0.4 is 0 Å². The molecule has 1 aromatic rings. The molecule has 0 amide bonds. The van der Waals surface area contributed by atoms with Crippen molar-refractivity contribution in [3.63, 3.8) is 0 Å². The maximum absolute atomic E-state index is 13.8. The molecule has 0 aliphatic carbocycles. The van der Waals surface area contributed by atoms with Crippen LogP contribution in [0, 0.1) is 12.1 Å². The zero-order valence-corrected chi connectivity index (χ0v) is 11.6. The summed E-state index contributed by atoms with van der Waals surface area (Å²) in [6.45, 7) is 8.46. The molecule has 0 aliphatic heterocycles. The largest absolute Gasteiger partial charge is 0.199 e. The molecule has 0 saturated heterocycles. The molecule has 0 aromatic carbocycles. The molecule has 0 radical (unpaired) electrons. The monoisotopic (exact) mass is 243 g/mol. The van der Waals surface area contributed by atoms with Gasteiger partial charge in [0.25, 0.3) is 0 Å². The fourth-order valence-corrected chi connectivity index (χ4v) is 3.30. The van der Waals surface area contributed by atoms with Crippen molar-refractivity contribution in [2.75, 3.05) is 0 Å². The molecule has 0 aliphatic rings. The molecule has 3 heteroatoms. The molecule has 0 saturated carbocycles. The molecule has 1 unspecified atom stereocenters. The lowest BCUT2D eigenvalue weighted by molar-refractivity contribution is 0.369. The van der Waals surface area contributed by atoms with Crippen LogP contribution in [-0.2, 0) is 5.41 Å². The summed E-state index contributed by atoms with van der Waals surface area (Å²) in [6.07, 6.45) is 5.52. The van der Waals surface area contributed by atoms with Gasteiger partial charge in [0, 0.05) is 5.56 Å². The summed E-state index contributed by atoms with van der Waals surface area (Å²) in [5.41, 5.74) is 1.73. The molecule has 16 heavy (non-hydrogen) atoms. The molecule has 92 valence electrons. The number of hydrogen-bond donors (Lipinski definition) is 0. The fraction of sp³-hybridized carbons (Fsp3) is 0.769. The van der Waals surface area contributed by atoms with Crippen LogP contribution in [0.2, 0.25) is 0 Å². The summed E-state index contributed by atoms with van der Waals surface area (Å²) in [4.78, 5) is 0. The molecular formula is C13H22FNS. The maximum atomic E-state index is 13.8. The average molecular weight is 243 g/mol. The van der Waals surface area contributed by atoms with Crippen LogP contribution in [0.4, 0.5) is 4.39 Å². The molecule has 0 spiro atoms. The van der Waals surface area contributed by atoms with Gasteiger partial charge < -0.3 is 0 Å². The van der Waals surface area contributed by atoms with E-state index in [1.165, 1.54) is 0 Å². The first-order valence-corrected chi connectivity index (χ1v) is 6.94. The van der Waals surface area contributed by atoms with Crippen molar-refractivity contribution < 1.29 is 4.39 Å². The van der Waals surface area contributed by atoms with Crippen LogP contribution in [0.1, 0.15) is 64.1 Å². The Morgan fingerprint density at radius 2 is 1.94 bits per heavy atom. The normalized spacial score (nSPS) is 15.1. The van der Waals surface area contributed by atoms with Gasteiger partial charge in [-0.3, -0.25) is 0 Å². The van der Waals surface area contributed by atoms with E-state index in [9.17, 15) is 4.39 Å². The number of unbranched alkanes of at least 4 members (excludes halogenated alkanes) is 1. The van der Waals surface area contributed by atoms with Crippen molar-refractivity contribution >= 4 is 11.5 Å². The second kappa shape index (κ2) is 5.76. The van der Waals surface area contributed by atoms with E-state index in [1.807, 2.05) is 6.92 Å². The van der Waals surface area contributed by atoms with Crippen LogP contribution >= 0.6 is 11.5 Å². The zero-order valence-electron chi connectivity index (χ0n) is 10.8. The first-order chi connectivity index (χ1) is 7.55. The number of hydrogen-bond acceptors (Lipinski definition) is 2. The van der Waals surface area contributed by atoms with Gasteiger partial charge in [-0.2, -0.15) is 8.76 Å². The highest BCUT2D eigenvalue weighted by Crippen LogP contribution is 2.38. The quantitative estimate of drug-likeness (QED) is 0.696. The second-order valence-electron chi connectivity index (χ2n) is 4.83. The number of halogens is 1. The lowest BCUT2D eigenvalue weighted by Gasteiger charge is -2.29. The Kier molecular flexibility index (Phi) is 4.90. The van der Waals surface area contributed by atoms with Gasteiger partial charge in [0.05, 0.1) is 5.69 Å². The first-order valence-electron chi connectivity index (χ1n) is 6.17. The Balaban J connectivity index is 3.00. The van der Waals surface area contributed by atoms with Crippen LogP contribution in [0.25, 0.3) is 0 Å². The standard InChI is InChI=1S/C13H22FNS/c1-5-7-9-13(4,8-6-2)11-10(3)15-16-12(11)14/h5-9H2,1-4H3. The molecule has 0 fully saturated rings. The SMILES string of the molecule is CCCCC(C)(CCC)c1c(C)nsc1F. The van der Waals surface area contributed by atoms with E-state index >= 15 is 0 Å². The van der Waals surface area contributed by atoms with Gasteiger partial charge >= 0.3 is 0 Å². The summed E-state index contributed by atoms with van der Waals surface area (Å²) < 4.78 is 18.0.